The smallest absolute Gasteiger partial charge is 0.0973 e. The van der Waals surface area contributed by atoms with Crippen LogP contribution in [0, 0.1) is 0 Å². The molecule has 0 saturated heterocycles. The Kier molecular flexibility index (Phi) is 1.24. The van der Waals surface area contributed by atoms with Crippen LogP contribution >= 0.6 is 0 Å². The van der Waals surface area contributed by atoms with E-state index < -0.39 is 0 Å². The van der Waals surface area contributed by atoms with Crippen LogP contribution in [-0.4, -0.2) is 15.2 Å². The van der Waals surface area contributed by atoms with Crippen molar-refractivity contribution in [2.45, 2.75) is 19.8 Å². The van der Waals surface area contributed by atoms with E-state index in [0.29, 0.717) is 5.92 Å². The maximum atomic E-state index is 4.29. The van der Waals surface area contributed by atoms with Gasteiger partial charge in [-0.25, -0.2) is 0 Å². The van der Waals surface area contributed by atoms with E-state index in [1.165, 1.54) is 0 Å². The summed E-state index contributed by atoms with van der Waals surface area (Å²) in [5, 5.41) is 5.94. The van der Waals surface area contributed by atoms with E-state index in [1.807, 2.05) is 6.20 Å². The van der Waals surface area contributed by atoms with Crippen LogP contribution in [0.1, 0.15) is 26.9 Å². The van der Waals surface area contributed by atoms with Gasteiger partial charge >= 0.3 is 0 Å². The van der Waals surface area contributed by atoms with Gasteiger partial charge < -0.3 is 0 Å². The molecule has 2 heterocycles. The largest absolute Gasteiger partial charge is 0.298 e. The summed E-state index contributed by atoms with van der Waals surface area (Å²) in [6, 6.07) is 2.08. The molecule has 2 rings (SSSR count). The van der Waals surface area contributed by atoms with E-state index >= 15 is 0 Å². The third-order valence-electron chi connectivity index (χ3n) is 1.85. The summed E-state index contributed by atoms with van der Waals surface area (Å²) in [5.41, 5.74) is 3.39. The molecule has 0 aromatic carbocycles. The molecule has 0 unspecified atom stereocenters. The van der Waals surface area contributed by atoms with Crippen LogP contribution in [0.25, 0.3) is 11.0 Å². The van der Waals surface area contributed by atoms with Crippen molar-refractivity contribution < 1.29 is 1.43 Å². The molecule has 11 heavy (non-hydrogen) atoms. The zero-order chi connectivity index (χ0) is 7.84. The van der Waals surface area contributed by atoms with E-state index in [0.717, 1.165) is 16.7 Å². The molecule has 2 aromatic heterocycles. The van der Waals surface area contributed by atoms with Gasteiger partial charge in [-0.3, -0.25) is 15.2 Å². The molecular formula is C8H13N3. The second-order valence-electron chi connectivity index (χ2n) is 3.06. The van der Waals surface area contributed by atoms with Gasteiger partial charge in [0.1, 0.15) is 0 Å². The molecule has 0 radical (unpaired) electrons. The maximum Gasteiger partial charge on any atom is 0.0973 e. The van der Waals surface area contributed by atoms with Crippen molar-refractivity contribution in [2.75, 3.05) is 0 Å². The van der Waals surface area contributed by atoms with Gasteiger partial charge in [0.15, 0.2) is 0 Å². The highest BCUT2D eigenvalue weighted by molar-refractivity contribution is 5.75. The molecule has 0 aliphatic heterocycles. The first-order valence-electron chi connectivity index (χ1n) is 3.79. The third kappa shape index (κ3) is 0.926. The summed E-state index contributed by atoms with van der Waals surface area (Å²) in [5.74, 6) is 0.502. The first-order valence-corrected chi connectivity index (χ1v) is 3.79. The molecule has 0 atom stereocenters. The molecule has 2 N–H and O–H groups in total. The zero-order valence-electron chi connectivity index (χ0n) is 6.68. The monoisotopic (exact) mass is 151 g/mol. The van der Waals surface area contributed by atoms with Crippen molar-refractivity contribution in [1.82, 2.24) is 15.2 Å². The molecule has 60 valence electrons. The van der Waals surface area contributed by atoms with E-state index in [9.17, 15) is 0 Å². The highest BCUT2D eigenvalue weighted by atomic mass is 15.2. The molecule has 0 saturated carbocycles. The number of aromatic nitrogens is 3. The number of hydrogen-bond acceptors (Lipinski definition) is 1. The minimum atomic E-state index is 0. The van der Waals surface area contributed by atoms with Crippen LogP contribution in [0.4, 0.5) is 0 Å². The van der Waals surface area contributed by atoms with Crippen molar-refractivity contribution in [3.8, 4) is 0 Å². The van der Waals surface area contributed by atoms with Gasteiger partial charge in [0.05, 0.1) is 17.2 Å². The number of hydrogen-bond donors (Lipinski definition) is 2. The number of nitrogens with zero attached hydrogens (tertiary/aromatic N) is 1. The fraction of sp³-hybridized carbons (Fsp3) is 0.375. The van der Waals surface area contributed by atoms with E-state index in [2.05, 4.69) is 35.1 Å². The summed E-state index contributed by atoms with van der Waals surface area (Å²) < 4.78 is 0. The van der Waals surface area contributed by atoms with Gasteiger partial charge in [-0.2, -0.15) is 0 Å². The van der Waals surface area contributed by atoms with Crippen LogP contribution in [0.3, 0.4) is 0 Å². The van der Waals surface area contributed by atoms with Gasteiger partial charge in [-0.05, 0) is 12.0 Å². The SMILES string of the molecule is CC(C)c1cc2[nH][nH]c2cn1.[HH]. The van der Waals surface area contributed by atoms with Gasteiger partial charge in [0, 0.05) is 7.12 Å². The molecule has 2 aromatic rings. The first kappa shape index (κ1) is 6.46. The number of H-pyrrole nitrogens is 2. The van der Waals surface area contributed by atoms with Gasteiger partial charge in [-0.1, -0.05) is 13.8 Å². The number of pyridine rings is 1. The predicted molar refractivity (Wildman–Crippen MR) is 46.6 cm³/mol. The molecule has 0 aliphatic carbocycles. The lowest BCUT2D eigenvalue weighted by molar-refractivity contribution is 0.821. The van der Waals surface area contributed by atoms with Crippen molar-refractivity contribution in [3.63, 3.8) is 0 Å². The Balaban J connectivity index is 0.000000720. The summed E-state index contributed by atoms with van der Waals surface area (Å²) in [4.78, 5) is 4.29. The Morgan fingerprint density at radius 1 is 1.36 bits per heavy atom. The predicted octanol–water partition coefficient (Wildman–Crippen LogP) is 2.26. The lowest BCUT2D eigenvalue weighted by Crippen LogP contribution is -1.97. The molecule has 0 spiro atoms. The first-order chi connectivity index (χ1) is 5.27. The second kappa shape index (κ2) is 2.12. The minimum absolute atomic E-state index is 0. The molecule has 0 fully saturated rings. The standard InChI is InChI=1S/C8H11N3.H2/c1-5(2)6-3-7-8(4-9-6)11-10-7;/h3-5,10-11H,1-2H3;1H. The topological polar surface area (TPSA) is 44.5 Å². The average Bonchev–Trinajstić information content (AvgIpc) is 1.91. The van der Waals surface area contributed by atoms with Gasteiger partial charge in [0.2, 0.25) is 0 Å². The molecule has 3 heteroatoms. The van der Waals surface area contributed by atoms with Crippen molar-refractivity contribution in [1.29, 1.82) is 0 Å². The Morgan fingerprint density at radius 3 is 2.55 bits per heavy atom. The van der Waals surface area contributed by atoms with Crippen molar-refractivity contribution >= 4 is 11.0 Å². The van der Waals surface area contributed by atoms with E-state index in [1.54, 1.807) is 0 Å². The molecule has 0 bridgehead atoms. The lowest BCUT2D eigenvalue weighted by atomic mass is 10.1. The average molecular weight is 151 g/mol. The van der Waals surface area contributed by atoms with Crippen LogP contribution in [-0.2, 0) is 0 Å². The van der Waals surface area contributed by atoms with Crippen LogP contribution in [0.15, 0.2) is 12.3 Å². The highest BCUT2D eigenvalue weighted by Crippen LogP contribution is 2.16. The maximum absolute atomic E-state index is 4.29. The Labute approximate surface area is 66.3 Å². The molecule has 0 aliphatic rings. The third-order valence-corrected chi connectivity index (χ3v) is 1.85. The van der Waals surface area contributed by atoms with E-state index in [4.69, 9.17) is 0 Å². The number of fused-ring (bicyclic) bond motifs is 1. The van der Waals surface area contributed by atoms with Crippen molar-refractivity contribution in [3.05, 3.63) is 18.0 Å². The van der Waals surface area contributed by atoms with Crippen LogP contribution in [0.2, 0.25) is 0 Å². The summed E-state index contributed by atoms with van der Waals surface area (Å²) in [7, 11) is 0. The Morgan fingerprint density at radius 2 is 2.09 bits per heavy atom. The Hall–Kier alpha value is -1.25. The van der Waals surface area contributed by atoms with Crippen molar-refractivity contribution in [2.24, 2.45) is 0 Å². The summed E-state index contributed by atoms with van der Waals surface area (Å²) in [6.07, 6.45) is 1.86. The highest BCUT2D eigenvalue weighted by Gasteiger charge is 2.03. The van der Waals surface area contributed by atoms with Gasteiger partial charge in [0.25, 0.3) is 0 Å². The molecule has 3 nitrogen and oxygen atoms in total. The number of aromatic amines is 2. The van der Waals surface area contributed by atoms with E-state index in [-0.39, 0.29) is 1.43 Å². The lowest BCUT2D eigenvalue weighted by Gasteiger charge is -2.07. The summed E-state index contributed by atoms with van der Waals surface area (Å²) >= 11 is 0. The number of rotatable bonds is 1. The second-order valence-corrected chi connectivity index (χ2v) is 3.06. The van der Waals surface area contributed by atoms with Gasteiger partial charge in [-0.15, -0.1) is 0 Å². The fourth-order valence-electron chi connectivity index (χ4n) is 1.06. The van der Waals surface area contributed by atoms with Crippen LogP contribution in [0.5, 0.6) is 0 Å². The molecule has 0 amide bonds. The number of nitrogens with one attached hydrogen (secondary N) is 2. The quantitative estimate of drug-likeness (QED) is 0.645. The molecular weight excluding hydrogens is 138 g/mol. The minimum Gasteiger partial charge on any atom is -0.298 e. The normalized spacial score (nSPS) is 11.5. The fourth-order valence-corrected chi connectivity index (χ4v) is 1.06. The zero-order valence-corrected chi connectivity index (χ0v) is 6.68. The van der Waals surface area contributed by atoms with Crippen LogP contribution < -0.4 is 0 Å². The summed E-state index contributed by atoms with van der Waals surface area (Å²) in [6.45, 7) is 4.28. The Bertz CT molecular complexity index is 361.